The van der Waals surface area contributed by atoms with Gasteiger partial charge in [0.25, 0.3) is 11.8 Å². The first kappa shape index (κ1) is 17.5. The third-order valence-corrected chi connectivity index (χ3v) is 7.47. The number of nitrogens with zero attached hydrogens (tertiary/aromatic N) is 4. The summed E-state index contributed by atoms with van der Waals surface area (Å²) >= 11 is 0. The lowest BCUT2D eigenvalue weighted by molar-refractivity contribution is -0.118. The number of nitrogens with one attached hydrogen (secondary N) is 2. The minimum atomic E-state index is -0.208. The zero-order chi connectivity index (χ0) is 19.5. The Hall–Kier alpha value is -2.64. The molecular formula is C20H26N6O2. The molecule has 0 saturated heterocycles. The first-order chi connectivity index (χ1) is 13.4. The predicted octanol–water partition coefficient (Wildman–Crippen LogP) is 2.07. The molecule has 0 radical (unpaired) electrons. The van der Waals surface area contributed by atoms with E-state index in [1.54, 1.807) is 24.5 Å². The molecule has 0 unspecified atom stereocenters. The Morgan fingerprint density at radius 2 is 1.32 bits per heavy atom. The van der Waals surface area contributed by atoms with Gasteiger partial charge in [0.05, 0.1) is 0 Å². The summed E-state index contributed by atoms with van der Waals surface area (Å²) in [6.07, 6.45) is 9.46. The van der Waals surface area contributed by atoms with Gasteiger partial charge in [-0.3, -0.25) is 19.8 Å². The van der Waals surface area contributed by atoms with E-state index in [0.717, 1.165) is 32.1 Å². The van der Waals surface area contributed by atoms with Crippen LogP contribution in [0.15, 0.2) is 24.5 Å². The summed E-state index contributed by atoms with van der Waals surface area (Å²) in [4.78, 5) is 30.0. The highest BCUT2D eigenvalue weighted by Crippen LogP contribution is 2.61. The van der Waals surface area contributed by atoms with E-state index >= 15 is 0 Å². The molecule has 148 valence electrons. The molecule has 0 atom stereocenters. The maximum absolute atomic E-state index is 13.1. The van der Waals surface area contributed by atoms with Gasteiger partial charge in [0.2, 0.25) is 0 Å². The summed E-state index contributed by atoms with van der Waals surface area (Å²) in [6, 6.07) is 3.45. The number of hydrogen-bond donors (Lipinski definition) is 2. The summed E-state index contributed by atoms with van der Waals surface area (Å²) < 4.78 is 0. The molecule has 28 heavy (non-hydrogen) atoms. The molecule has 6 rings (SSSR count). The van der Waals surface area contributed by atoms with Gasteiger partial charge in [-0.05, 0) is 62.5 Å². The van der Waals surface area contributed by atoms with Crippen molar-refractivity contribution in [3.05, 3.63) is 35.9 Å². The summed E-state index contributed by atoms with van der Waals surface area (Å²) in [5.74, 6) is 1.01. The van der Waals surface area contributed by atoms with E-state index in [4.69, 9.17) is 0 Å². The van der Waals surface area contributed by atoms with Gasteiger partial charge in [-0.15, -0.1) is 0 Å². The number of rotatable bonds is 4. The molecule has 2 aromatic rings. The van der Waals surface area contributed by atoms with Crippen LogP contribution in [0.2, 0.25) is 0 Å². The van der Waals surface area contributed by atoms with Gasteiger partial charge in [0, 0.05) is 37.6 Å². The summed E-state index contributed by atoms with van der Waals surface area (Å²) in [7, 11) is 3.82. The summed E-state index contributed by atoms with van der Waals surface area (Å²) in [5, 5.41) is 13.6. The average molecular weight is 382 g/mol. The number of H-pyrrole nitrogens is 2. The second-order valence-corrected chi connectivity index (χ2v) is 9.06. The zero-order valence-electron chi connectivity index (χ0n) is 16.3. The Morgan fingerprint density at radius 3 is 1.68 bits per heavy atom. The van der Waals surface area contributed by atoms with Crippen LogP contribution in [0.4, 0.5) is 0 Å². The third-order valence-electron chi connectivity index (χ3n) is 7.47. The Labute approximate surface area is 163 Å². The fourth-order valence-electron chi connectivity index (χ4n) is 6.48. The maximum atomic E-state index is 13.1. The molecule has 4 fully saturated rings. The van der Waals surface area contributed by atoms with Crippen molar-refractivity contribution in [2.24, 2.45) is 11.8 Å². The molecule has 4 aliphatic carbocycles. The molecular weight excluding hydrogens is 356 g/mol. The number of aromatic nitrogens is 4. The lowest BCUT2D eigenvalue weighted by Crippen LogP contribution is -2.70. The van der Waals surface area contributed by atoms with Crippen molar-refractivity contribution >= 4 is 11.8 Å². The highest BCUT2D eigenvalue weighted by molar-refractivity contribution is 5.93. The van der Waals surface area contributed by atoms with E-state index in [1.165, 1.54) is 6.42 Å². The molecule has 2 aromatic heterocycles. The fourth-order valence-corrected chi connectivity index (χ4v) is 6.48. The van der Waals surface area contributed by atoms with Crippen molar-refractivity contribution in [2.75, 3.05) is 14.1 Å². The number of amides is 2. The molecule has 4 saturated carbocycles. The van der Waals surface area contributed by atoms with Gasteiger partial charge >= 0.3 is 0 Å². The van der Waals surface area contributed by atoms with E-state index in [1.807, 2.05) is 23.9 Å². The number of hydrogen-bond acceptors (Lipinski definition) is 4. The number of carbonyl (C=O) groups is 2. The quantitative estimate of drug-likeness (QED) is 0.846. The third kappa shape index (κ3) is 2.43. The van der Waals surface area contributed by atoms with Crippen LogP contribution in [0.5, 0.6) is 0 Å². The van der Waals surface area contributed by atoms with Gasteiger partial charge in [-0.1, -0.05) is 0 Å². The monoisotopic (exact) mass is 382 g/mol. The Kier molecular flexibility index (Phi) is 3.70. The van der Waals surface area contributed by atoms with Crippen molar-refractivity contribution in [1.29, 1.82) is 0 Å². The summed E-state index contributed by atoms with van der Waals surface area (Å²) in [5.41, 5.74) is 0.488. The molecule has 0 aliphatic heterocycles. The standard InChI is InChI=1S/C20H26N6O2/c1-25(17(27)15-3-5-21-23-15)19-8-13-7-14(9-19)11-20(10-13,12-19)26(2)18(28)16-4-6-22-24-16/h3-6,13-14H,7-12H2,1-2H3,(H,21,23)(H,22,24). The van der Waals surface area contributed by atoms with Gasteiger partial charge in [-0.25, -0.2) is 0 Å². The highest BCUT2D eigenvalue weighted by atomic mass is 16.2. The van der Waals surface area contributed by atoms with Gasteiger partial charge in [0.1, 0.15) is 11.4 Å². The lowest BCUT2D eigenvalue weighted by atomic mass is 9.49. The Bertz CT molecular complexity index is 806. The van der Waals surface area contributed by atoms with Crippen LogP contribution in [-0.2, 0) is 0 Å². The van der Waals surface area contributed by atoms with Crippen LogP contribution in [0.25, 0.3) is 0 Å². The van der Waals surface area contributed by atoms with E-state index in [-0.39, 0.29) is 22.9 Å². The molecule has 0 spiro atoms. The van der Waals surface area contributed by atoms with E-state index < -0.39 is 0 Å². The minimum Gasteiger partial charge on any atom is -0.335 e. The molecule has 8 heteroatoms. The van der Waals surface area contributed by atoms with Crippen molar-refractivity contribution < 1.29 is 9.59 Å². The van der Waals surface area contributed by atoms with E-state index in [9.17, 15) is 9.59 Å². The van der Waals surface area contributed by atoms with Gasteiger partial charge in [-0.2, -0.15) is 10.2 Å². The van der Waals surface area contributed by atoms with Crippen LogP contribution < -0.4 is 0 Å². The number of aromatic amines is 2. The fraction of sp³-hybridized carbons (Fsp3) is 0.600. The lowest BCUT2D eigenvalue weighted by Gasteiger charge is -2.66. The Morgan fingerprint density at radius 1 is 0.893 bits per heavy atom. The first-order valence-electron chi connectivity index (χ1n) is 9.98. The van der Waals surface area contributed by atoms with Crippen LogP contribution in [-0.4, -0.2) is 67.2 Å². The largest absolute Gasteiger partial charge is 0.335 e. The second-order valence-electron chi connectivity index (χ2n) is 9.06. The summed E-state index contributed by atoms with van der Waals surface area (Å²) in [6.45, 7) is 0. The van der Waals surface area contributed by atoms with Crippen LogP contribution in [0.1, 0.15) is 59.5 Å². The normalized spacial score (nSPS) is 33.1. The second kappa shape index (κ2) is 5.93. The Balaban J connectivity index is 1.47. The zero-order valence-corrected chi connectivity index (χ0v) is 16.3. The van der Waals surface area contributed by atoms with Crippen LogP contribution in [0.3, 0.4) is 0 Å². The molecule has 0 aromatic carbocycles. The maximum Gasteiger partial charge on any atom is 0.274 e. The first-order valence-corrected chi connectivity index (χ1v) is 9.98. The molecule has 2 amide bonds. The molecule has 4 bridgehead atoms. The minimum absolute atomic E-state index is 0.0420. The van der Waals surface area contributed by atoms with Crippen molar-refractivity contribution in [3.63, 3.8) is 0 Å². The van der Waals surface area contributed by atoms with Gasteiger partial charge in [0.15, 0.2) is 0 Å². The van der Waals surface area contributed by atoms with E-state index in [2.05, 4.69) is 20.4 Å². The highest BCUT2D eigenvalue weighted by Gasteiger charge is 2.62. The smallest absolute Gasteiger partial charge is 0.274 e. The predicted molar refractivity (Wildman–Crippen MR) is 102 cm³/mol. The van der Waals surface area contributed by atoms with Gasteiger partial charge < -0.3 is 9.80 Å². The molecule has 4 aliphatic rings. The van der Waals surface area contributed by atoms with Crippen molar-refractivity contribution in [3.8, 4) is 0 Å². The number of carbonyl (C=O) groups excluding carboxylic acids is 2. The SMILES string of the molecule is CN(C(=O)c1cc[nH]n1)C12CC3CC(C1)CC(N(C)C(=O)c1cc[nH]n1)(C3)C2. The van der Waals surface area contributed by atoms with Crippen LogP contribution >= 0.6 is 0 Å². The molecule has 2 N–H and O–H groups in total. The van der Waals surface area contributed by atoms with Crippen molar-refractivity contribution in [2.45, 2.75) is 49.6 Å². The average Bonchev–Trinajstić information content (AvgIpc) is 3.38. The van der Waals surface area contributed by atoms with E-state index in [0.29, 0.717) is 23.2 Å². The van der Waals surface area contributed by atoms with Crippen molar-refractivity contribution in [1.82, 2.24) is 30.2 Å². The topological polar surface area (TPSA) is 98.0 Å². The van der Waals surface area contributed by atoms with Crippen LogP contribution in [0, 0.1) is 11.8 Å². The molecule has 8 nitrogen and oxygen atoms in total. The molecule has 2 heterocycles.